The largest absolute Gasteiger partial charge is 0.488 e. The van der Waals surface area contributed by atoms with Gasteiger partial charge in [0.15, 0.2) is 9.84 Å². The van der Waals surface area contributed by atoms with E-state index >= 15 is 0 Å². The van der Waals surface area contributed by atoms with Crippen LogP contribution in [0.4, 0.5) is 0 Å². The quantitative estimate of drug-likeness (QED) is 0.245. The van der Waals surface area contributed by atoms with E-state index in [9.17, 15) is 8.42 Å². The van der Waals surface area contributed by atoms with Crippen molar-refractivity contribution in [2.45, 2.75) is 63.9 Å². The lowest BCUT2D eigenvalue weighted by Gasteiger charge is -2.19. The summed E-state index contributed by atoms with van der Waals surface area (Å²) in [5, 5.41) is 2.35. The summed E-state index contributed by atoms with van der Waals surface area (Å²) in [6.07, 6.45) is 7.06. The van der Waals surface area contributed by atoms with Crippen LogP contribution in [0.2, 0.25) is 5.02 Å². The fourth-order valence-corrected chi connectivity index (χ4v) is 5.48. The molecule has 1 N–H and O–H groups in total. The molecule has 34 heavy (non-hydrogen) atoms. The van der Waals surface area contributed by atoms with Gasteiger partial charge < -0.3 is 9.72 Å². The molecule has 2 aromatic heterocycles. The van der Waals surface area contributed by atoms with Crippen LogP contribution in [0, 0.1) is 0 Å². The molecule has 1 atom stereocenters. The van der Waals surface area contributed by atoms with Crippen LogP contribution in [0.25, 0.3) is 33.1 Å². The van der Waals surface area contributed by atoms with Crippen molar-refractivity contribution in [3.05, 3.63) is 53.7 Å². The van der Waals surface area contributed by atoms with Crippen LogP contribution in [0.5, 0.6) is 5.75 Å². The summed E-state index contributed by atoms with van der Waals surface area (Å²) < 4.78 is 31.6. The fourth-order valence-electron chi connectivity index (χ4n) is 4.39. The summed E-state index contributed by atoms with van der Waals surface area (Å²) in [6.45, 7) is 6.02. The van der Waals surface area contributed by atoms with Crippen LogP contribution in [-0.2, 0) is 9.84 Å². The molecule has 0 radical (unpaired) electrons. The first-order valence-corrected chi connectivity index (χ1v) is 14.0. The Bertz CT molecular complexity index is 1410. The second-order valence-electron chi connectivity index (χ2n) is 8.64. The van der Waals surface area contributed by atoms with Crippen molar-refractivity contribution in [1.82, 2.24) is 9.97 Å². The van der Waals surface area contributed by atoms with Crippen molar-refractivity contribution in [3.63, 3.8) is 0 Å². The van der Waals surface area contributed by atoms with Crippen LogP contribution in [0.1, 0.15) is 52.9 Å². The highest BCUT2D eigenvalue weighted by Crippen LogP contribution is 2.40. The number of unbranched alkanes of at least 4 members (excludes halogenated alkanes) is 1. The SMILES string of the molecule is CCCCC(CCC)Oc1ccc(-c2cccc(S(=O)(=O)CC)c2)c2c1[nH]c1ncc(Cl)cc12. The minimum absolute atomic E-state index is 0.0574. The van der Waals surface area contributed by atoms with Gasteiger partial charge in [-0.3, -0.25) is 0 Å². The monoisotopic (exact) mass is 498 g/mol. The lowest BCUT2D eigenvalue weighted by Crippen LogP contribution is -2.16. The molecule has 0 aliphatic rings. The maximum atomic E-state index is 12.5. The van der Waals surface area contributed by atoms with Crippen molar-refractivity contribution in [2.24, 2.45) is 0 Å². The lowest BCUT2D eigenvalue weighted by atomic mass is 9.99. The molecule has 0 aliphatic heterocycles. The van der Waals surface area contributed by atoms with Crippen molar-refractivity contribution >= 4 is 43.4 Å². The van der Waals surface area contributed by atoms with E-state index in [0.29, 0.717) is 9.92 Å². The van der Waals surface area contributed by atoms with Gasteiger partial charge in [-0.25, -0.2) is 13.4 Å². The second-order valence-corrected chi connectivity index (χ2v) is 11.4. The number of pyridine rings is 1. The van der Waals surface area contributed by atoms with Gasteiger partial charge in [-0.2, -0.15) is 0 Å². The maximum absolute atomic E-state index is 12.5. The van der Waals surface area contributed by atoms with Gasteiger partial charge in [0, 0.05) is 17.0 Å². The topological polar surface area (TPSA) is 72.1 Å². The van der Waals surface area contributed by atoms with E-state index in [2.05, 4.69) is 23.8 Å². The zero-order chi connectivity index (χ0) is 24.3. The van der Waals surface area contributed by atoms with Crippen LogP contribution in [0.3, 0.4) is 0 Å². The molecule has 0 amide bonds. The average molecular weight is 499 g/mol. The molecule has 7 heteroatoms. The number of halogens is 1. The third-order valence-corrected chi connectivity index (χ3v) is 8.14. The van der Waals surface area contributed by atoms with Crippen molar-refractivity contribution < 1.29 is 13.2 Å². The van der Waals surface area contributed by atoms with Gasteiger partial charge in [0.1, 0.15) is 11.4 Å². The van der Waals surface area contributed by atoms with Crippen LogP contribution < -0.4 is 4.74 Å². The first kappa shape index (κ1) is 24.6. The molecule has 2 aromatic carbocycles. The van der Waals surface area contributed by atoms with Crippen LogP contribution in [-0.4, -0.2) is 30.2 Å². The number of aromatic nitrogens is 2. The highest BCUT2D eigenvalue weighted by molar-refractivity contribution is 7.91. The molecule has 0 bridgehead atoms. The van der Waals surface area contributed by atoms with E-state index in [0.717, 1.165) is 70.9 Å². The average Bonchev–Trinajstić information content (AvgIpc) is 3.22. The predicted octanol–water partition coefficient (Wildman–Crippen LogP) is 7.57. The van der Waals surface area contributed by atoms with E-state index in [1.165, 1.54) is 0 Å². The molecule has 0 saturated heterocycles. The number of sulfone groups is 1. The number of benzene rings is 2. The van der Waals surface area contributed by atoms with Crippen molar-refractivity contribution in [1.29, 1.82) is 0 Å². The Labute approximate surface area is 206 Å². The molecule has 4 aromatic rings. The van der Waals surface area contributed by atoms with Crippen LogP contribution in [0.15, 0.2) is 53.6 Å². The Morgan fingerprint density at radius 2 is 1.88 bits per heavy atom. The van der Waals surface area contributed by atoms with Gasteiger partial charge in [-0.05, 0) is 54.3 Å². The Balaban J connectivity index is 1.91. The Morgan fingerprint density at radius 1 is 1.06 bits per heavy atom. The fraction of sp³-hybridized carbons (Fsp3) is 0.370. The van der Waals surface area contributed by atoms with Gasteiger partial charge in [0.05, 0.1) is 27.3 Å². The zero-order valence-corrected chi connectivity index (χ0v) is 21.5. The van der Waals surface area contributed by atoms with Crippen LogP contribution >= 0.6 is 11.6 Å². The molecule has 0 saturated carbocycles. The number of aromatic amines is 1. The Morgan fingerprint density at radius 3 is 2.62 bits per heavy atom. The third kappa shape index (κ3) is 4.93. The minimum Gasteiger partial charge on any atom is -0.488 e. The Hall–Kier alpha value is -2.57. The number of nitrogens with one attached hydrogen (secondary N) is 1. The van der Waals surface area contributed by atoms with Crippen molar-refractivity contribution in [3.8, 4) is 16.9 Å². The van der Waals surface area contributed by atoms with E-state index in [1.54, 1.807) is 31.3 Å². The molecule has 2 heterocycles. The number of H-pyrrole nitrogens is 1. The number of ether oxygens (including phenoxy) is 1. The first-order valence-electron chi connectivity index (χ1n) is 12.0. The number of fused-ring (bicyclic) bond motifs is 3. The summed E-state index contributed by atoms with van der Waals surface area (Å²) in [4.78, 5) is 8.24. The summed E-state index contributed by atoms with van der Waals surface area (Å²) in [7, 11) is -3.32. The normalized spacial score (nSPS) is 12.9. The molecule has 4 rings (SSSR count). The smallest absolute Gasteiger partial charge is 0.178 e. The second kappa shape index (κ2) is 10.4. The van der Waals surface area contributed by atoms with Gasteiger partial charge in [-0.15, -0.1) is 0 Å². The minimum atomic E-state index is -3.32. The van der Waals surface area contributed by atoms with E-state index in [-0.39, 0.29) is 11.9 Å². The zero-order valence-electron chi connectivity index (χ0n) is 19.9. The summed E-state index contributed by atoms with van der Waals surface area (Å²) >= 11 is 6.31. The highest BCUT2D eigenvalue weighted by Gasteiger charge is 2.20. The number of hydrogen-bond donors (Lipinski definition) is 1. The van der Waals surface area contributed by atoms with Gasteiger partial charge >= 0.3 is 0 Å². The number of nitrogens with zero attached hydrogens (tertiary/aromatic N) is 1. The predicted molar refractivity (Wildman–Crippen MR) is 141 cm³/mol. The maximum Gasteiger partial charge on any atom is 0.178 e. The summed E-state index contributed by atoms with van der Waals surface area (Å²) in [5.41, 5.74) is 3.30. The number of hydrogen-bond acceptors (Lipinski definition) is 4. The van der Waals surface area contributed by atoms with E-state index in [1.807, 2.05) is 24.3 Å². The Kier molecular flexibility index (Phi) is 7.48. The molecule has 1 unspecified atom stereocenters. The van der Waals surface area contributed by atoms with Gasteiger partial charge in [0.2, 0.25) is 0 Å². The molecule has 0 fully saturated rings. The van der Waals surface area contributed by atoms with Gasteiger partial charge in [-0.1, -0.05) is 63.8 Å². The summed E-state index contributed by atoms with van der Waals surface area (Å²) in [5.74, 6) is 0.835. The molecule has 5 nitrogen and oxygen atoms in total. The lowest BCUT2D eigenvalue weighted by molar-refractivity contribution is 0.178. The van der Waals surface area contributed by atoms with E-state index in [4.69, 9.17) is 16.3 Å². The molecular formula is C27H31ClN2O3S. The highest BCUT2D eigenvalue weighted by atomic mass is 35.5. The van der Waals surface area contributed by atoms with Gasteiger partial charge in [0.25, 0.3) is 0 Å². The molecular weight excluding hydrogens is 468 g/mol. The molecule has 0 aliphatic carbocycles. The van der Waals surface area contributed by atoms with E-state index < -0.39 is 9.84 Å². The molecule has 180 valence electrons. The first-order chi connectivity index (χ1) is 16.4. The standard InChI is InChI=1S/C27H31ClN2O3S/c1-4-7-11-20(9-5-2)33-24-14-13-22(18-10-8-12-21(15-18)34(31,32)6-3)25-23-16-19(28)17-29-27(23)30-26(24)25/h8,10,12-17,20H,4-7,9,11H2,1-3H3,(H,29,30). The number of rotatable bonds is 10. The van der Waals surface area contributed by atoms with Crippen molar-refractivity contribution in [2.75, 3.05) is 5.75 Å². The third-order valence-electron chi connectivity index (χ3n) is 6.20. The molecule has 0 spiro atoms. The summed E-state index contributed by atoms with van der Waals surface area (Å²) in [6, 6.07) is 13.0.